The van der Waals surface area contributed by atoms with Crippen LogP contribution >= 0.6 is 23.4 Å². The number of rotatable bonds is 6. The molecule has 0 saturated heterocycles. The van der Waals surface area contributed by atoms with Crippen molar-refractivity contribution >= 4 is 29.3 Å². The first-order chi connectivity index (χ1) is 9.20. The Kier molecular flexibility index (Phi) is 5.92. The Balaban J connectivity index is 2.79. The molecule has 0 aliphatic heterocycles. The Bertz CT molecular complexity index is 475. The van der Waals surface area contributed by atoms with Gasteiger partial charge in [0.25, 0.3) is 0 Å². The largest absolute Gasteiger partial charge is 0.387 e. The van der Waals surface area contributed by atoms with E-state index in [9.17, 15) is 9.90 Å². The zero-order chi connectivity index (χ0) is 15.4. The molecule has 0 aliphatic rings. The van der Waals surface area contributed by atoms with Crippen LogP contribution in [0.3, 0.4) is 0 Å². The second kappa shape index (κ2) is 6.83. The summed E-state index contributed by atoms with van der Waals surface area (Å²) in [6.07, 6.45) is 1.92. The van der Waals surface area contributed by atoms with Crippen LogP contribution in [0.25, 0.3) is 0 Å². The molecule has 2 N–H and O–H groups in total. The van der Waals surface area contributed by atoms with Crippen LogP contribution in [0.4, 0.5) is 0 Å². The summed E-state index contributed by atoms with van der Waals surface area (Å²) in [6.45, 7) is 5.59. The van der Waals surface area contributed by atoms with Crippen molar-refractivity contribution in [3.05, 3.63) is 34.9 Å². The number of benzene rings is 1. The van der Waals surface area contributed by atoms with E-state index in [1.165, 1.54) is 0 Å². The van der Waals surface area contributed by atoms with E-state index in [1.807, 2.05) is 38.3 Å². The SMILES string of the molecule is CSC[C@](C)(O)CNC(=O)C(C)(C)c1ccccc1Cl. The van der Waals surface area contributed by atoms with E-state index in [0.717, 1.165) is 5.56 Å². The van der Waals surface area contributed by atoms with Crippen LogP contribution in [0.15, 0.2) is 24.3 Å². The summed E-state index contributed by atoms with van der Waals surface area (Å²) in [4.78, 5) is 12.4. The molecule has 0 radical (unpaired) electrons. The minimum absolute atomic E-state index is 0.146. The minimum atomic E-state index is -0.911. The van der Waals surface area contributed by atoms with E-state index >= 15 is 0 Å². The highest BCUT2D eigenvalue weighted by atomic mass is 35.5. The van der Waals surface area contributed by atoms with Gasteiger partial charge in [-0.2, -0.15) is 11.8 Å². The molecule has 0 unspecified atom stereocenters. The van der Waals surface area contributed by atoms with E-state index in [0.29, 0.717) is 10.8 Å². The number of aliphatic hydroxyl groups is 1. The molecular formula is C15H22ClNO2S. The lowest BCUT2D eigenvalue weighted by molar-refractivity contribution is -0.126. The summed E-state index contributed by atoms with van der Waals surface area (Å²) in [7, 11) is 0. The molecule has 0 heterocycles. The Morgan fingerprint density at radius 2 is 1.95 bits per heavy atom. The fraction of sp³-hybridized carbons (Fsp3) is 0.533. The fourth-order valence-electron chi connectivity index (χ4n) is 1.94. The molecule has 5 heteroatoms. The van der Waals surface area contributed by atoms with Gasteiger partial charge in [0.15, 0.2) is 0 Å². The van der Waals surface area contributed by atoms with Gasteiger partial charge in [-0.1, -0.05) is 29.8 Å². The second-order valence-electron chi connectivity index (χ2n) is 5.72. The van der Waals surface area contributed by atoms with Crippen molar-refractivity contribution in [3.63, 3.8) is 0 Å². The molecule has 0 bridgehead atoms. The summed E-state index contributed by atoms with van der Waals surface area (Å²) in [5.41, 5.74) is -0.872. The quantitative estimate of drug-likeness (QED) is 0.848. The Morgan fingerprint density at radius 3 is 2.50 bits per heavy atom. The van der Waals surface area contributed by atoms with E-state index in [1.54, 1.807) is 24.8 Å². The highest BCUT2D eigenvalue weighted by Crippen LogP contribution is 2.29. The summed E-state index contributed by atoms with van der Waals surface area (Å²) < 4.78 is 0. The predicted octanol–water partition coefficient (Wildman–Crippen LogP) is 2.85. The number of carbonyl (C=O) groups is 1. The third kappa shape index (κ3) is 4.40. The number of halogens is 1. The van der Waals surface area contributed by atoms with Gasteiger partial charge in [-0.15, -0.1) is 0 Å². The topological polar surface area (TPSA) is 49.3 Å². The molecule has 1 rings (SSSR count). The highest BCUT2D eigenvalue weighted by Gasteiger charge is 2.32. The van der Waals surface area contributed by atoms with Gasteiger partial charge < -0.3 is 10.4 Å². The summed E-state index contributed by atoms with van der Waals surface area (Å²) in [5, 5.41) is 13.5. The first-order valence-corrected chi connectivity index (χ1v) is 8.22. The number of thioether (sulfide) groups is 1. The van der Waals surface area contributed by atoms with Crippen LogP contribution in [-0.2, 0) is 10.2 Å². The van der Waals surface area contributed by atoms with E-state index < -0.39 is 11.0 Å². The van der Waals surface area contributed by atoms with Gasteiger partial charge >= 0.3 is 0 Å². The molecule has 1 atom stereocenters. The van der Waals surface area contributed by atoms with Crippen molar-refractivity contribution < 1.29 is 9.90 Å². The molecule has 1 amide bonds. The molecule has 0 saturated carbocycles. The Hall–Kier alpha value is -0.710. The third-order valence-corrected chi connectivity index (χ3v) is 4.44. The summed E-state index contributed by atoms with van der Waals surface area (Å²) in [6, 6.07) is 7.32. The average molecular weight is 316 g/mol. The molecule has 1 aromatic carbocycles. The molecule has 0 fully saturated rings. The molecular weight excluding hydrogens is 294 g/mol. The molecule has 3 nitrogen and oxygen atoms in total. The van der Waals surface area contributed by atoms with Crippen LogP contribution in [-0.4, -0.2) is 35.2 Å². The second-order valence-corrected chi connectivity index (χ2v) is 6.99. The Morgan fingerprint density at radius 1 is 1.35 bits per heavy atom. The number of carbonyl (C=O) groups excluding carboxylic acids is 1. The minimum Gasteiger partial charge on any atom is -0.387 e. The van der Waals surface area contributed by atoms with Crippen LogP contribution in [0, 0.1) is 0 Å². The molecule has 0 spiro atoms. The maximum absolute atomic E-state index is 12.4. The van der Waals surface area contributed by atoms with Crippen molar-refractivity contribution in [2.45, 2.75) is 31.8 Å². The summed E-state index contributed by atoms with van der Waals surface area (Å²) in [5.74, 6) is 0.423. The lowest BCUT2D eigenvalue weighted by Crippen LogP contribution is -2.48. The monoisotopic (exact) mass is 315 g/mol. The Labute approximate surface area is 130 Å². The van der Waals surface area contributed by atoms with Crippen molar-refractivity contribution in [2.75, 3.05) is 18.6 Å². The van der Waals surface area contributed by atoms with Crippen LogP contribution in [0.5, 0.6) is 0 Å². The molecule has 20 heavy (non-hydrogen) atoms. The number of nitrogens with one attached hydrogen (secondary N) is 1. The average Bonchev–Trinajstić information content (AvgIpc) is 2.36. The van der Waals surface area contributed by atoms with Crippen LogP contribution < -0.4 is 5.32 Å². The fourth-order valence-corrected chi connectivity index (χ4v) is 3.04. The zero-order valence-electron chi connectivity index (χ0n) is 12.4. The van der Waals surface area contributed by atoms with Gasteiger partial charge in [0.1, 0.15) is 0 Å². The van der Waals surface area contributed by atoms with Crippen LogP contribution in [0.1, 0.15) is 26.3 Å². The van der Waals surface area contributed by atoms with Gasteiger partial charge in [0.2, 0.25) is 5.91 Å². The van der Waals surface area contributed by atoms with Gasteiger partial charge in [0, 0.05) is 17.3 Å². The van der Waals surface area contributed by atoms with Crippen LogP contribution in [0.2, 0.25) is 5.02 Å². The standard InChI is InChI=1S/C15H22ClNO2S/c1-14(2,11-7-5-6-8-12(11)16)13(18)17-9-15(3,19)10-20-4/h5-8,19H,9-10H2,1-4H3,(H,17,18)/t15-/m1/s1. The van der Waals surface area contributed by atoms with Crippen molar-refractivity contribution in [1.29, 1.82) is 0 Å². The van der Waals surface area contributed by atoms with Gasteiger partial charge in [0.05, 0.1) is 11.0 Å². The summed E-state index contributed by atoms with van der Waals surface area (Å²) >= 11 is 7.70. The lowest BCUT2D eigenvalue weighted by Gasteiger charge is -2.28. The molecule has 1 aromatic rings. The van der Waals surface area contributed by atoms with Gasteiger partial charge in [-0.05, 0) is 38.7 Å². The smallest absolute Gasteiger partial charge is 0.230 e. The number of hydrogen-bond acceptors (Lipinski definition) is 3. The van der Waals surface area contributed by atoms with Crippen molar-refractivity contribution in [1.82, 2.24) is 5.32 Å². The maximum Gasteiger partial charge on any atom is 0.230 e. The van der Waals surface area contributed by atoms with Crippen molar-refractivity contribution in [3.8, 4) is 0 Å². The lowest BCUT2D eigenvalue weighted by atomic mass is 9.83. The van der Waals surface area contributed by atoms with Gasteiger partial charge in [-0.3, -0.25) is 4.79 Å². The first kappa shape index (κ1) is 17.3. The molecule has 112 valence electrons. The van der Waals surface area contributed by atoms with E-state index in [4.69, 9.17) is 11.6 Å². The molecule has 0 aromatic heterocycles. The van der Waals surface area contributed by atoms with Gasteiger partial charge in [-0.25, -0.2) is 0 Å². The number of hydrogen-bond donors (Lipinski definition) is 2. The van der Waals surface area contributed by atoms with E-state index in [-0.39, 0.29) is 12.5 Å². The van der Waals surface area contributed by atoms with Crippen molar-refractivity contribution in [2.24, 2.45) is 0 Å². The number of amides is 1. The molecule has 0 aliphatic carbocycles. The van der Waals surface area contributed by atoms with E-state index in [2.05, 4.69) is 5.32 Å². The predicted molar refractivity (Wildman–Crippen MR) is 86.5 cm³/mol. The zero-order valence-corrected chi connectivity index (χ0v) is 13.9. The normalized spacial score (nSPS) is 14.7. The maximum atomic E-state index is 12.4. The third-order valence-electron chi connectivity index (χ3n) is 3.20. The highest BCUT2D eigenvalue weighted by molar-refractivity contribution is 7.98. The first-order valence-electron chi connectivity index (χ1n) is 6.45.